The molecule has 0 aliphatic rings. The zero-order valence-corrected chi connectivity index (χ0v) is 10.2. The first kappa shape index (κ1) is 13.4. The van der Waals surface area contributed by atoms with E-state index in [1.165, 1.54) is 18.2 Å². The molecule has 1 aromatic heterocycles. The van der Waals surface area contributed by atoms with E-state index in [2.05, 4.69) is 10.9 Å². The fraction of sp³-hybridized carbons (Fsp3) is 0.0714. The number of ether oxygens (including phenoxy) is 1. The predicted molar refractivity (Wildman–Crippen MR) is 72.1 cm³/mol. The molecule has 0 radical (unpaired) electrons. The largest absolute Gasteiger partial charge is 0.477 e. The summed E-state index contributed by atoms with van der Waals surface area (Å²) in [6, 6.07) is 4.70. The molecule has 0 unspecified atom stereocenters. The molecule has 0 amide bonds. The van der Waals surface area contributed by atoms with E-state index < -0.39 is 16.8 Å². The average molecular weight is 271 g/mol. The number of nitrogens with one attached hydrogen (secondary N) is 1. The number of pyridine rings is 1. The van der Waals surface area contributed by atoms with Crippen LogP contribution in [0.3, 0.4) is 0 Å². The van der Waals surface area contributed by atoms with Crippen LogP contribution in [0.25, 0.3) is 10.9 Å². The van der Waals surface area contributed by atoms with Gasteiger partial charge in [-0.05, 0) is 18.2 Å². The van der Waals surface area contributed by atoms with Crippen LogP contribution in [0.15, 0.2) is 33.9 Å². The van der Waals surface area contributed by atoms with Crippen molar-refractivity contribution in [3.63, 3.8) is 0 Å². The third-order valence-electron chi connectivity index (χ3n) is 2.56. The molecule has 0 aliphatic carbocycles. The Hall–Kier alpha value is -3.07. The molecule has 6 heteroatoms. The smallest absolute Gasteiger partial charge is 0.352 e. The summed E-state index contributed by atoms with van der Waals surface area (Å²) in [4.78, 5) is 37.1. The van der Waals surface area contributed by atoms with Crippen molar-refractivity contribution in [3.05, 3.63) is 50.4 Å². The highest BCUT2D eigenvalue weighted by molar-refractivity contribution is 5.89. The Balaban J connectivity index is 2.77. The van der Waals surface area contributed by atoms with Crippen LogP contribution in [-0.2, 0) is 0 Å². The number of hydrogen-bond donors (Lipinski definition) is 2. The SMILES string of the molecule is C#CCOc1cc2c(=O)cc(C(=O)O)[nH]c2ccc1=O. The number of rotatable bonds is 3. The van der Waals surface area contributed by atoms with Gasteiger partial charge in [0.05, 0.1) is 5.52 Å². The summed E-state index contributed by atoms with van der Waals surface area (Å²) in [5.41, 5.74) is -1.02. The van der Waals surface area contributed by atoms with Crippen molar-refractivity contribution in [2.75, 3.05) is 6.61 Å². The lowest BCUT2D eigenvalue weighted by Crippen LogP contribution is -2.09. The molecule has 2 N–H and O–H groups in total. The summed E-state index contributed by atoms with van der Waals surface area (Å²) < 4.78 is 5.07. The highest BCUT2D eigenvalue weighted by Gasteiger charge is 2.09. The fourth-order valence-corrected chi connectivity index (χ4v) is 1.66. The number of carboxylic acid groups (broad SMARTS) is 1. The van der Waals surface area contributed by atoms with E-state index in [1.807, 2.05) is 0 Å². The first-order valence-corrected chi connectivity index (χ1v) is 5.54. The van der Waals surface area contributed by atoms with Crippen molar-refractivity contribution in [3.8, 4) is 18.1 Å². The number of H-pyrrole nitrogens is 1. The summed E-state index contributed by atoms with van der Waals surface area (Å²) >= 11 is 0. The second kappa shape index (κ2) is 5.28. The molecule has 1 aromatic carbocycles. The Morgan fingerprint density at radius 1 is 1.30 bits per heavy atom. The number of hydrogen-bond acceptors (Lipinski definition) is 4. The van der Waals surface area contributed by atoms with Gasteiger partial charge in [-0.2, -0.15) is 0 Å². The van der Waals surface area contributed by atoms with Crippen LogP contribution < -0.4 is 15.6 Å². The molecule has 20 heavy (non-hydrogen) atoms. The minimum Gasteiger partial charge on any atom is -0.477 e. The number of aromatic nitrogens is 1. The van der Waals surface area contributed by atoms with Crippen molar-refractivity contribution in [2.24, 2.45) is 0 Å². The van der Waals surface area contributed by atoms with E-state index in [-0.39, 0.29) is 29.0 Å². The van der Waals surface area contributed by atoms with Crippen LogP contribution in [0.5, 0.6) is 5.75 Å². The molecule has 0 spiro atoms. The fourth-order valence-electron chi connectivity index (χ4n) is 1.66. The van der Waals surface area contributed by atoms with Gasteiger partial charge in [0.25, 0.3) is 0 Å². The lowest BCUT2D eigenvalue weighted by Gasteiger charge is -1.99. The summed E-state index contributed by atoms with van der Waals surface area (Å²) in [7, 11) is 0. The Morgan fingerprint density at radius 3 is 2.70 bits per heavy atom. The molecule has 0 saturated carbocycles. The van der Waals surface area contributed by atoms with Crippen molar-refractivity contribution < 1.29 is 14.6 Å². The summed E-state index contributed by atoms with van der Waals surface area (Å²) in [6.07, 6.45) is 5.04. The highest BCUT2D eigenvalue weighted by Crippen LogP contribution is 2.11. The monoisotopic (exact) mass is 271 g/mol. The van der Waals surface area contributed by atoms with Gasteiger partial charge in [0.15, 0.2) is 11.2 Å². The number of aromatic carboxylic acids is 1. The third kappa shape index (κ3) is 2.52. The van der Waals surface area contributed by atoms with Crippen LogP contribution in [0.1, 0.15) is 10.5 Å². The molecule has 0 saturated heterocycles. The maximum absolute atomic E-state index is 11.9. The second-order valence-electron chi connectivity index (χ2n) is 3.88. The maximum atomic E-state index is 11.9. The van der Waals surface area contributed by atoms with Gasteiger partial charge in [0, 0.05) is 11.5 Å². The zero-order valence-electron chi connectivity index (χ0n) is 10.2. The Bertz CT molecular complexity index is 845. The van der Waals surface area contributed by atoms with E-state index in [0.29, 0.717) is 0 Å². The number of aromatic amines is 1. The van der Waals surface area contributed by atoms with Crippen LogP contribution in [0.4, 0.5) is 0 Å². The topological polar surface area (TPSA) is 96.5 Å². The molecule has 0 aliphatic heterocycles. The minimum atomic E-state index is -1.26. The molecule has 0 atom stereocenters. The minimum absolute atomic E-state index is 0.0634. The lowest BCUT2D eigenvalue weighted by molar-refractivity contribution is 0.0691. The van der Waals surface area contributed by atoms with E-state index in [4.69, 9.17) is 16.3 Å². The molecule has 100 valence electrons. The molecular weight excluding hydrogens is 262 g/mol. The molecular formula is C14H9NO5. The van der Waals surface area contributed by atoms with Crippen LogP contribution in [0.2, 0.25) is 0 Å². The van der Waals surface area contributed by atoms with Crippen molar-refractivity contribution in [1.82, 2.24) is 4.98 Å². The van der Waals surface area contributed by atoms with E-state index in [1.54, 1.807) is 0 Å². The van der Waals surface area contributed by atoms with Gasteiger partial charge in [0.2, 0.25) is 5.43 Å². The molecule has 1 heterocycles. The average Bonchev–Trinajstić information content (AvgIpc) is 2.57. The first-order chi connectivity index (χ1) is 9.52. The van der Waals surface area contributed by atoms with Crippen LogP contribution >= 0.6 is 0 Å². The van der Waals surface area contributed by atoms with Gasteiger partial charge >= 0.3 is 5.97 Å². The van der Waals surface area contributed by atoms with Gasteiger partial charge in [-0.3, -0.25) is 9.59 Å². The van der Waals surface area contributed by atoms with E-state index >= 15 is 0 Å². The van der Waals surface area contributed by atoms with Gasteiger partial charge in [0.1, 0.15) is 12.3 Å². The Labute approximate surface area is 112 Å². The third-order valence-corrected chi connectivity index (χ3v) is 2.56. The lowest BCUT2D eigenvalue weighted by atomic mass is 10.2. The molecule has 0 fully saturated rings. The Kier molecular flexibility index (Phi) is 3.53. The van der Waals surface area contributed by atoms with Crippen LogP contribution in [0, 0.1) is 12.3 Å². The van der Waals surface area contributed by atoms with E-state index in [0.717, 1.165) is 6.07 Å². The van der Waals surface area contributed by atoms with Gasteiger partial charge in [-0.25, -0.2) is 4.79 Å². The maximum Gasteiger partial charge on any atom is 0.352 e. The quantitative estimate of drug-likeness (QED) is 0.797. The summed E-state index contributed by atoms with van der Waals surface area (Å²) in [6.45, 7) is -0.105. The zero-order chi connectivity index (χ0) is 14.7. The van der Waals surface area contributed by atoms with Crippen LogP contribution in [-0.4, -0.2) is 22.7 Å². The van der Waals surface area contributed by atoms with Gasteiger partial charge < -0.3 is 14.8 Å². The van der Waals surface area contributed by atoms with Crippen molar-refractivity contribution in [2.45, 2.75) is 0 Å². The van der Waals surface area contributed by atoms with E-state index in [9.17, 15) is 14.4 Å². The summed E-state index contributed by atoms with van der Waals surface area (Å²) in [5.74, 6) is 0.890. The molecule has 0 bridgehead atoms. The molecule has 2 aromatic rings. The van der Waals surface area contributed by atoms with Gasteiger partial charge in [-0.15, -0.1) is 6.42 Å². The predicted octanol–water partition coefficient (Wildman–Crippen LogP) is 0.599. The molecule has 2 rings (SSSR count). The normalized spacial score (nSPS) is 9.95. The second-order valence-corrected chi connectivity index (χ2v) is 3.88. The van der Waals surface area contributed by atoms with Crippen molar-refractivity contribution in [1.29, 1.82) is 0 Å². The highest BCUT2D eigenvalue weighted by atomic mass is 16.5. The first-order valence-electron chi connectivity index (χ1n) is 5.54. The molecule has 6 nitrogen and oxygen atoms in total. The number of terminal acetylenes is 1. The Morgan fingerprint density at radius 2 is 2.05 bits per heavy atom. The van der Waals surface area contributed by atoms with Gasteiger partial charge in [-0.1, -0.05) is 5.92 Å². The standard InChI is InChI=1S/C14H9NO5/c1-2-5-20-13-6-8-9(3-4-11(13)16)15-10(14(18)19)7-12(8)17/h1,3-4,6-7H,5H2,(H,15,17)(H,18,19). The number of carboxylic acids is 1. The number of fused-ring (bicyclic) bond motifs is 1. The number of carbonyl (C=O) groups is 1. The van der Waals surface area contributed by atoms with Crippen molar-refractivity contribution >= 4 is 16.9 Å². The summed E-state index contributed by atoms with van der Waals surface area (Å²) in [5, 5.41) is 9.02.